The fraction of sp³-hybridized carbons (Fsp3) is 0.500. The maximum atomic E-state index is 12.2. The monoisotopic (exact) mass is 393 g/mol. The van der Waals surface area contributed by atoms with Gasteiger partial charge in [-0.1, -0.05) is 23.1 Å². The van der Waals surface area contributed by atoms with E-state index in [9.17, 15) is 4.79 Å². The molecule has 0 aliphatic heterocycles. The second-order valence-corrected chi connectivity index (χ2v) is 8.64. The number of rotatable bonds is 9. The van der Waals surface area contributed by atoms with Crippen LogP contribution in [0.2, 0.25) is 0 Å². The van der Waals surface area contributed by atoms with Crippen molar-refractivity contribution < 1.29 is 4.79 Å². The molecule has 1 amide bonds. The Morgan fingerprint density at radius 3 is 2.46 bits per heavy atom. The van der Waals surface area contributed by atoms with Crippen LogP contribution in [-0.4, -0.2) is 40.5 Å². The first kappa shape index (κ1) is 20.5. The molecule has 142 valence electrons. The van der Waals surface area contributed by atoms with E-state index in [1.54, 1.807) is 0 Å². The van der Waals surface area contributed by atoms with Crippen molar-refractivity contribution in [2.24, 2.45) is 0 Å². The first-order chi connectivity index (χ1) is 12.4. The molecule has 2 N–H and O–H groups in total. The average Bonchev–Trinajstić information content (AvgIpc) is 3.01. The number of benzene rings is 1. The zero-order valence-corrected chi connectivity index (χ0v) is 17.6. The molecule has 1 aromatic heterocycles. The van der Waals surface area contributed by atoms with E-state index < -0.39 is 0 Å². The van der Waals surface area contributed by atoms with Gasteiger partial charge in [-0.25, -0.2) is 0 Å². The molecule has 0 spiro atoms. The number of amides is 1. The highest BCUT2D eigenvalue weighted by Crippen LogP contribution is 2.26. The molecule has 0 aliphatic rings. The molecule has 2 aromatic rings. The summed E-state index contributed by atoms with van der Waals surface area (Å²) in [7, 11) is 0. The number of hydrogen-bond donors (Lipinski definition) is 2. The van der Waals surface area contributed by atoms with E-state index in [1.807, 2.05) is 38.1 Å². The van der Waals surface area contributed by atoms with Crippen LogP contribution in [0.3, 0.4) is 0 Å². The molecule has 1 aromatic carbocycles. The smallest absolute Gasteiger partial charge is 0.234 e. The number of thioether (sulfide) groups is 1. The minimum absolute atomic E-state index is 0.0486. The van der Waals surface area contributed by atoms with Gasteiger partial charge in [-0.3, -0.25) is 4.79 Å². The molecule has 0 saturated carbocycles. The molecular formula is C18H27N5OS2. The summed E-state index contributed by atoms with van der Waals surface area (Å²) in [4.78, 5) is 14.5. The molecule has 0 aliphatic carbocycles. The first-order valence-electron chi connectivity index (χ1n) is 8.78. The molecule has 0 fully saturated rings. The number of anilines is 3. The molecule has 1 heterocycles. The van der Waals surface area contributed by atoms with Gasteiger partial charge in [0.15, 0.2) is 4.34 Å². The Kier molecular flexibility index (Phi) is 7.71. The largest absolute Gasteiger partial charge is 0.369 e. The fourth-order valence-electron chi connectivity index (χ4n) is 2.48. The van der Waals surface area contributed by atoms with Gasteiger partial charge in [0.1, 0.15) is 0 Å². The number of carbonyl (C=O) groups is 1. The lowest BCUT2D eigenvalue weighted by molar-refractivity contribution is -0.113. The highest BCUT2D eigenvalue weighted by Gasteiger charge is 2.11. The van der Waals surface area contributed by atoms with E-state index in [0.29, 0.717) is 17.8 Å². The predicted octanol–water partition coefficient (Wildman–Crippen LogP) is 4.32. The quantitative estimate of drug-likeness (QED) is 0.618. The normalized spacial score (nSPS) is 11.0. The summed E-state index contributed by atoms with van der Waals surface area (Å²) in [6.45, 7) is 11.5. The van der Waals surface area contributed by atoms with Crippen molar-refractivity contribution in [2.75, 3.05) is 27.8 Å². The summed E-state index contributed by atoms with van der Waals surface area (Å²) in [5.74, 6) is 0.262. The third-order valence-electron chi connectivity index (χ3n) is 3.59. The van der Waals surface area contributed by atoms with Gasteiger partial charge >= 0.3 is 0 Å². The van der Waals surface area contributed by atoms with Gasteiger partial charge in [0.05, 0.1) is 5.75 Å². The van der Waals surface area contributed by atoms with Crippen LogP contribution in [0.15, 0.2) is 28.6 Å². The molecule has 8 heteroatoms. The van der Waals surface area contributed by atoms with E-state index in [2.05, 4.69) is 46.5 Å². The van der Waals surface area contributed by atoms with Crippen molar-refractivity contribution in [2.45, 2.75) is 51.0 Å². The molecule has 2 rings (SSSR count). The van der Waals surface area contributed by atoms with Crippen molar-refractivity contribution in [1.29, 1.82) is 0 Å². The first-order valence-corrected chi connectivity index (χ1v) is 10.6. The number of aromatic nitrogens is 2. The van der Waals surface area contributed by atoms with Crippen LogP contribution < -0.4 is 15.5 Å². The van der Waals surface area contributed by atoms with Gasteiger partial charge in [-0.15, -0.1) is 10.2 Å². The second-order valence-electron chi connectivity index (χ2n) is 6.44. The van der Waals surface area contributed by atoms with Gasteiger partial charge in [0, 0.05) is 30.0 Å². The number of nitrogens with one attached hydrogen (secondary N) is 2. The van der Waals surface area contributed by atoms with Crippen LogP contribution in [0.1, 0.15) is 34.6 Å². The molecule has 0 saturated heterocycles. The maximum Gasteiger partial charge on any atom is 0.234 e. The Morgan fingerprint density at radius 2 is 1.88 bits per heavy atom. The van der Waals surface area contributed by atoms with Crippen molar-refractivity contribution in [3.05, 3.63) is 24.3 Å². The Morgan fingerprint density at radius 1 is 1.19 bits per heavy atom. The van der Waals surface area contributed by atoms with Crippen molar-refractivity contribution in [3.8, 4) is 0 Å². The summed E-state index contributed by atoms with van der Waals surface area (Å²) in [5.41, 5.74) is 1.97. The molecule has 0 atom stereocenters. The summed E-state index contributed by atoms with van der Waals surface area (Å²) in [5, 5.41) is 15.1. The predicted molar refractivity (Wildman–Crippen MR) is 113 cm³/mol. The van der Waals surface area contributed by atoms with Crippen LogP contribution in [0.5, 0.6) is 0 Å². The van der Waals surface area contributed by atoms with E-state index in [4.69, 9.17) is 0 Å². The summed E-state index contributed by atoms with van der Waals surface area (Å²) in [6, 6.07) is 8.73. The highest BCUT2D eigenvalue weighted by atomic mass is 32.2. The second kappa shape index (κ2) is 9.78. The van der Waals surface area contributed by atoms with E-state index in [-0.39, 0.29) is 5.91 Å². The minimum Gasteiger partial charge on any atom is -0.369 e. The molecule has 0 unspecified atom stereocenters. The van der Waals surface area contributed by atoms with Gasteiger partial charge in [-0.05, 0) is 58.9 Å². The van der Waals surface area contributed by atoms with Crippen LogP contribution in [-0.2, 0) is 4.79 Å². The van der Waals surface area contributed by atoms with Crippen molar-refractivity contribution in [1.82, 2.24) is 10.2 Å². The highest BCUT2D eigenvalue weighted by molar-refractivity contribution is 8.01. The fourth-order valence-corrected chi connectivity index (χ4v) is 4.18. The van der Waals surface area contributed by atoms with E-state index in [1.165, 1.54) is 23.1 Å². The third-order valence-corrected chi connectivity index (χ3v) is 5.58. The molecule has 6 nitrogen and oxygen atoms in total. The maximum absolute atomic E-state index is 12.2. The van der Waals surface area contributed by atoms with Crippen molar-refractivity contribution >= 4 is 45.5 Å². The zero-order chi connectivity index (χ0) is 19.1. The average molecular weight is 394 g/mol. The molecular weight excluding hydrogens is 366 g/mol. The van der Waals surface area contributed by atoms with Crippen LogP contribution in [0.25, 0.3) is 0 Å². The lowest BCUT2D eigenvalue weighted by Gasteiger charge is -2.27. The van der Waals surface area contributed by atoms with Gasteiger partial charge < -0.3 is 15.5 Å². The van der Waals surface area contributed by atoms with Gasteiger partial charge in [0.2, 0.25) is 11.0 Å². The Labute approximate surface area is 163 Å². The topological polar surface area (TPSA) is 70.2 Å². The van der Waals surface area contributed by atoms with E-state index in [0.717, 1.165) is 27.4 Å². The summed E-state index contributed by atoms with van der Waals surface area (Å²) < 4.78 is 0.786. The van der Waals surface area contributed by atoms with Crippen LogP contribution >= 0.6 is 23.1 Å². The third kappa shape index (κ3) is 6.17. The summed E-state index contributed by atoms with van der Waals surface area (Å²) >= 11 is 2.86. The van der Waals surface area contributed by atoms with Crippen LogP contribution in [0.4, 0.5) is 16.5 Å². The number of carbonyl (C=O) groups excluding carboxylic acids is 1. The summed E-state index contributed by atoms with van der Waals surface area (Å²) in [6.07, 6.45) is 0. The Balaban J connectivity index is 1.85. The molecule has 0 radical (unpaired) electrons. The van der Waals surface area contributed by atoms with E-state index >= 15 is 0 Å². The number of nitrogens with zero attached hydrogens (tertiary/aromatic N) is 3. The lowest BCUT2D eigenvalue weighted by Crippen LogP contribution is -2.30. The Hall–Kier alpha value is -1.80. The Bertz CT molecular complexity index is 700. The standard InChI is InChI=1S/C18H27N5OS2/c1-6-23(13(4)5)15-9-7-14(8-10-15)20-16(24)11-25-18-22-21-17(26-18)19-12(2)3/h7-10,12-13H,6,11H2,1-5H3,(H,19,21)(H,20,24). The number of hydrogen-bond acceptors (Lipinski definition) is 7. The SMILES string of the molecule is CCN(c1ccc(NC(=O)CSc2nnc(NC(C)C)s2)cc1)C(C)C. The van der Waals surface area contributed by atoms with Gasteiger partial charge in [-0.2, -0.15) is 0 Å². The minimum atomic E-state index is -0.0486. The van der Waals surface area contributed by atoms with Crippen LogP contribution in [0, 0.1) is 0 Å². The lowest BCUT2D eigenvalue weighted by atomic mass is 10.2. The zero-order valence-electron chi connectivity index (χ0n) is 15.9. The van der Waals surface area contributed by atoms with Crippen molar-refractivity contribution in [3.63, 3.8) is 0 Å². The molecule has 26 heavy (non-hydrogen) atoms. The molecule has 0 bridgehead atoms. The van der Waals surface area contributed by atoms with Gasteiger partial charge in [0.25, 0.3) is 0 Å².